The highest BCUT2D eigenvalue weighted by Gasteiger charge is 2.29. The van der Waals surface area contributed by atoms with Crippen molar-refractivity contribution >= 4 is 93.0 Å². The molecule has 0 saturated carbocycles. The number of rotatable bonds is 8. The average Bonchev–Trinajstić information content (AvgIpc) is 3.20. The van der Waals surface area contributed by atoms with Crippen LogP contribution in [0, 0.1) is 0 Å². The zero-order valence-electron chi connectivity index (χ0n) is 12.7. The summed E-state index contributed by atoms with van der Waals surface area (Å²) in [6, 6.07) is 0. The number of allylic oxidation sites excluding steroid dienone is 1. The zero-order chi connectivity index (χ0) is 15.9. The summed E-state index contributed by atoms with van der Waals surface area (Å²) >= 11 is 16.3. The quantitative estimate of drug-likeness (QED) is 0.218. The van der Waals surface area contributed by atoms with Crippen molar-refractivity contribution in [3.63, 3.8) is 0 Å². The predicted molar refractivity (Wildman–Crippen MR) is 127 cm³/mol. The van der Waals surface area contributed by atoms with Gasteiger partial charge in [-0.25, -0.2) is 0 Å². The van der Waals surface area contributed by atoms with E-state index in [4.69, 9.17) is 0 Å². The molecule has 0 aromatic heterocycles. The molecule has 0 nitrogen and oxygen atoms in total. The van der Waals surface area contributed by atoms with E-state index >= 15 is 0 Å². The third-order valence-electron chi connectivity index (χ3n) is 3.43. The third kappa shape index (κ3) is 6.29. The molecule has 0 aliphatic carbocycles. The smallest absolute Gasteiger partial charge is 0.0717 e. The van der Waals surface area contributed by atoms with Gasteiger partial charge in [0.05, 0.1) is 16.9 Å². The topological polar surface area (TPSA) is 0 Å². The van der Waals surface area contributed by atoms with E-state index in [1.54, 1.807) is 24.2 Å². The summed E-state index contributed by atoms with van der Waals surface area (Å²) in [5.74, 6) is 3.74. The van der Waals surface area contributed by atoms with Crippen molar-refractivity contribution in [3.8, 4) is 0 Å². The molecule has 128 valence electrons. The molecule has 0 unspecified atom stereocenters. The van der Waals surface area contributed by atoms with E-state index in [1.165, 1.54) is 64.3 Å². The Balaban J connectivity index is 1.35. The van der Waals surface area contributed by atoms with E-state index < -0.39 is 0 Å². The van der Waals surface area contributed by atoms with Gasteiger partial charge in [-0.1, -0.05) is 77.1 Å². The Bertz CT molecular complexity index is 488. The molecule has 23 heavy (non-hydrogen) atoms. The Labute approximate surface area is 174 Å². The standard InChI is InChI=1S/C15H20S8/c16-20-7-5-3-1-2-4-6-11-10-19-14(21-11)15-22-12-13(23-15)18-9-8-17-12/h10,16H,1-9H2. The van der Waals surface area contributed by atoms with E-state index in [-0.39, 0.29) is 0 Å². The minimum absolute atomic E-state index is 1.20. The van der Waals surface area contributed by atoms with E-state index in [1.807, 2.05) is 70.6 Å². The summed E-state index contributed by atoms with van der Waals surface area (Å²) in [7, 11) is 1.67. The van der Waals surface area contributed by atoms with Crippen molar-refractivity contribution in [2.24, 2.45) is 0 Å². The van der Waals surface area contributed by atoms with Crippen molar-refractivity contribution in [3.05, 3.63) is 27.3 Å². The van der Waals surface area contributed by atoms with Crippen LogP contribution in [0.15, 0.2) is 27.3 Å². The lowest BCUT2D eigenvalue weighted by molar-refractivity contribution is 0.639. The van der Waals surface area contributed by atoms with E-state index in [0.29, 0.717) is 0 Å². The maximum absolute atomic E-state index is 4.19. The van der Waals surface area contributed by atoms with Crippen molar-refractivity contribution in [1.29, 1.82) is 0 Å². The molecule has 0 spiro atoms. The van der Waals surface area contributed by atoms with Gasteiger partial charge in [0.2, 0.25) is 0 Å². The Morgan fingerprint density at radius 1 is 0.826 bits per heavy atom. The molecule has 0 bridgehead atoms. The summed E-state index contributed by atoms with van der Waals surface area (Å²) in [6.07, 6.45) is 8.05. The second-order valence-corrected chi connectivity index (χ2v) is 13.9. The van der Waals surface area contributed by atoms with Gasteiger partial charge in [-0.2, -0.15) is 0 Å². The third-order valence-corrected chi connectivity index (χ3v) is 13.2. The summed E-state index contributed by atoms with van der Waals surface area (Å²) in [5.41, 5.74) is 0. The Hall–Kier alpha value is 2.02. The minimum Gasteiger partial charge on any atom is -0.116 e. The molecule has 8 heteroatoms. The second kappa shape index (κ2) is 11.0. The van der Waals surface area contributed by atoms with Gasteiger partial charge < -0.3 is 0 Å². The predicted octanol–water partition coefficient (Wildman–Crippen LogP) is 8.44. The van der Waals surface area contributed by atoms with Crippen LogP contribution in [0.1, 0.15) is 38.5 Å². The molecule has 3 rings (SSSR count). The van der Waals surface area contributed by atoms with Crippen LogP contribution in [-0.2, 0) is 0 Å². The monoisotopic (exact) mass is 456 g/mol. The Morgan fingerprint density at radius 2 is 1.52 bits per heavy atom. The fourth-order valence-corrected chi connectivity index (χ4v) is 11.7. The number of unbranched alkanes of at least 4 members (excludes halogenated alkanes) is 4. The van der Waals surface area contributed by atoms with Crippen LogP contribution in [0.25, 0.3) is 0 Å². The second-order valence-electron chi connectivity index (χ2n) is 5.21. The lowest BCUT2D eigenvalue weighted by Gasteiger charge is -2.08. The van der Waals surface area contributed by atoms with Crippen LogP contribution < -0.4 is 0 Å². The molecule has 0 saturated heterocycles. The number of thioether (sulfide) groups is 6. The molecule has 0 aromatic rings. The number of thiol groups is 1. The molecule has 0 aromatic carbocycles. The summed E-state index contributed by atoms with van der Waals surface area (Å²) in [4.78, 5) is 1.58. The van der Waals surface area contributed by atoms with Crippen molar-refractivity contribution in [2.45, 2.75) is 38.5 Å². The fourth-order valence-electron chi connectivity index (χ4n) is 2.28. The van der Waals surface area contributed by atoms with E-state index in [2.05, 4.69) is 17.1 Å². The van der Waals surface area contributed by atoms with Crippen LogP contribution in [0.3, 0.4) is 0 Å². The summed E-state index contributed by atoms with van der Waals surface area (Å²) < 4.78 is 6.17. The maximum atomic E-state index is 4.19. The Kier molecular flexibility index (Phi) is 9.45. The van der Waals surface area contributed by atoms with Crippen LogP contribution in [0.5, 0.6) is 0 Å². The van der Waals surface area contributed by atoms with Gasteiger partial charge >= 0.3 is 0 Å². The maximum Gasteiger partial charge on any atom is 0.0717 e. The van der Waals surface area contributed by atoms with Crippen LogP contribution >= 0.6 is 93.0 Å². The van der Waals surface area contributed by atoms with Crippen molar-refractivity contribution < 1.29 is 0 Å². The first-order valence-corrected chi connectivity index (χ1v) is 15.1. The highest BCUT2D eigenvalue weighted by molar-refractivity contribution is 8.68. The largest absolute Gasteiger partial charge is 0.116 e. The molecule has 3 aliphatic rings. The molecular formula is C15H20S8. The van der Waals surface area contributed by atoms with E-state index in [9.17, 15) is 0 Å². The average molecular weight is 457 g/mol. The first-order chi connectivity index (χ1) is 11.4. The van der Waals surface area contributed by atoms with Crippen LogP contribution in [0.2, 0.25) is 0 Å². The minimum atomic E-state index is 1.20. The molecule has 3 aliphatic heterocycles. The normalized spacial score (nSPS) is 21.2. The SMILES string of the molecule is SSCCCCCCCC1=CSC(=C2SC3=C(SCCS3)S2)S1. The highest BCUT2D eigenvalue weighted by Crippen LogP contribution is 2.63. The molecule has 0 fully saturated rings. The van der Waals surface area contributed by atoms with E-state index in [0.717, 1.165) is 0 Å². The molecule has 0 amide bonds. The molecule has 0 radical (unpaired) electrons. The molecule has 3 heterocycles. The van der Waals surface area contributed by atoms with Crippen molar-refractivity contribution in [1.82, 2.24) is 0 Å². The van der Waals surface area contributed by atoms with Crippen LogP contribution in [-0.4, -0.2) is 17.3 Å². The number of hydrogen-bond acceptors (Lipinski definition) is 8. The first-order valence-electron chi connectivity index (χ1n) is 7.76. The zero-order valence-corrected chi connectivity index (χ0v) is 19.4. The fraction of sp³-hybridized carbons (Fsp3) is 0.600. The van der Waals surface area contributed by atoms with Gasteiger partial charge in [0.1, 0.15) is 0 Å². The van der Waals surface area contributed by atoms with Crippen molar-refractivity contribution in [2.75, 3.05) is 17.3 Å². The highest BCUT2D eigenvalue weighted by atomic mass is 33.1. The van der Waals surface area contributed by atoms with Crippen LogP contribution in [0.4, 0.5) is 0 Å². The first kappa shape index (κ1) is 19.8. The van der Waals surface area contributed by atoms with Gasteiger partial charge in [0.25, 0.3) is 0 Å². The molecule has 0 N–H and O–H groups in total. The lowest BCUT2D eigenvalue weighted by Crippen LogP contribution is -1.88. The van der Waals surface area contributed by atoms with Gasteiger partial charge in [-0.15, -0.1) is 35.2 Å². The summed E-state index contributed by atoms with van der Waals surface area (Å²) in [5, 5.41) is 2.39. The van der Waals surface area contributed by atoms with Gasteiger partial charge in [0.15, 0.2) is 0 Å². The Morgan fingerprint density at radius 3 is 2.26 bits per heavy atom. The molecule has 0 atom stereocenters. The molecular weight excluding hydrogens is 437 g/mol. The number of hydrogen-bond donors (Lipinski definition) is 1. The van der Waals surface area contributed by atoms with Gasteiger partial charge in [-0.3, -0.25) is 0 Å². The van der Waals surface area contributed by atoms with Gasteiger partial charge in [0, 0.05) is 17.3 Å². The lowest BCUT2D eigenvalue weighted by atomic mass is 10.1. The summed E-state index contributed by atoms with van der Waals surface area (Å²) in [6.45, 7) is 0. The van der Waals surface area contributed by atoms with Gasteiger partial charge in [-0.05, 0) is 29.6 Å².